The molecule has 4 nitrogen and oxygen atoms in total. The zero-order valence-electron chi connectivity index (χ0n) is 15.1. The van der Waals surface area contributed by atoms with Gasteiger partial charge in [0, 0.05) is 22.3 Å². The number of aryl methyl sites for hydroxylation is 2. The van der Waals surface area contributed by atoms with E-state index in [1.807, 2.05) is 37.3 Å². The summed E-state index contributed by atoms with van der Waals surface area (Å²) < 4.78 is 28.0. The number of H-pyrrole nitrogens is 1. The Morgan fingerprint density at radius 2 is 1.85 bits per heavy atom. The molecule has 0 saturated carbocycles. The summed E-state index contributed by atoms with van der Waals surface area (Å²) in [5.41, 5.74) is 5.23. The second-order valence-electron chi connectivity index (χ2n) is 6.58. The summed E-state index contributed by atoms with van der Waals surface area (Å²) in [7, 11) is -3.60. The highest BCUT2D eigenvalue weighted by molar-refractivity contribution is 7.89. The summed E-state index contributed by atoms with van der Waals surface area (Å²) in [5.74, 6) is 0. The highest BCUT2D eigenvalue weighted by Crippen LogP contribution is 2.29. The van der Waals surface area contributed by atoms with E-state index in [1.54, 1.807) is 17.4 Å². The highest BCUT2D eigenvalue weighted by Gasteiger charge is 2.17. The van der Waals surface area contributed by atoms with E-state index in [2.05, 4.69) is 40.2 Å². The van der Waals surface area contributed by atoms with Crippen LogP contribution < -0.4 is 4.72 Å². The summed E-state index contributed by atoms with van der Waals surface area (Å²) in [4.78, 5) is 4.25. The van der Waals surface area contributed by atoms with E-state index in [1.165, 1.54) is 10.4 Å². The van der Waals surface area contributed by atoms with E-state index in [-0.39, 0.29) is 11.6 Å². The number of fused-ring (bicyclic) bond motifs is 1. The third-order valence-electron chi connectivity index (χ3n) is 4.76. The van der Waals surface area contributed by atoms with Crippen LogP contribution in [0.5, 0.6) is 0 Å². The zero-order chi connectivity index (χ0) is 19.0. The van der Waals surface area contributed by atoms with E-state index in [0.29, 0.717) is 0 Å². The number of sulfonamides is 1. The predicted octanol–water partition coefficient (Wildman–Crippen LogP) is 4.99. The first-order valence-corrected chi connectivity index (χ1v) is 11.0. The number of aromatic amines is 1. The van der Waals surface area contributed by atoms with Crippen molar-refractivity contribution in [3.8, 4) is 11.1 Å². The van der Waals surface area contributed by atoms with Gasteiger partial charge in [0.2, 0.25) is 0 Å². The Kier molecular flexibility index (Phi) is 4.63. The van der Waals surface area contributed by atoms with Crippen LogP contribution in [0, 0.1) is 13.8 Å². The van der Waals surface area contributed by atoms with Crippen LogP contribution in [-0.2, 0) is 16.6 Å². The molecule has 0 spiro atoms. The minimum Gasteiger partial charge on any atom is -0.345 e. The lowest BCUT2D eigenvalue weighted by molar-refractivity contribution is 0.578. The van der Waals surface area contributed by atoms with Crippen LogP contribution in [0.15, 0.2) is 65.0 Å². The minimum absolute atomic E-state index is 0.187. The lowest BCUT2D eigenvalue weighted by Crippen LogP contribution is -2.23. The number of benzene rings is 2. The first kappa shape index (κ1) is 18.0. The molecule has 2 heterocycles. The number of hydrogen-bond donors (Lipinski definition) is 2. The SMILES string of the molecule is Cc1cc(-c2ccsc2C)ccc1CNS(=O)(=O)c1cc2ccccc2[nH]1. The van der Waals surface area contributed by atoms with Gasteiger partial charge in [0.1, 0.15) is 5.03 Å². The lowest BCUT2D eigenvalue weighted by atomic mass is 10.0. The molecule has 0 unspecified atom stereocenters. The van der Waals surface area contributed by atoms with Gasteiger partial charge in [-0.25, -0.2) is 13.1 Å². The lowest BCUT2D eigenvalue weighted by Gasteiger charge is -2.10. The number of rotatable bonds is 5. The van der Waals surface area contributed by atoms with Crippen LogP contribution in [0.4, 0.5) is 0 Å². The Labute approximate surface area is 162 Å². The minimum atomic E-state index is -3.60. The van der Waals surface area contributed by atoms with Crippen molar-refractivity contribution in [1.82, 2.24) is 9.71 Å². The van der Waals surface area contributed by atoms with Crippen molar-refractivity contribution in [2.45, 2.75) is 25.4 Å². The van der Waals surface area contributed by atoms with E-state index in [4.69, 9.17) is 0 Å². The molecule has 0 aliphatic heterocycles. The van der Waals surface area contributed by atoms with Crippen molar-refractivity contribution in [1.29, 1.82) is 0 Å². The van der Waals surface area contributed by atoms with Crippen molar-refractivity contribution in [2.24, 2.45) is 0 Å². The third-order valence-corrected chi connectivity index (χ3v) is 6.93. The van der Waals surface area contributed by atoms with Crippen molar-refractivity contribution in [3.05, 3.63) is 76.0 Å². The maximum absolute atomic E-state index is 12.6. The van der Waals surface area contributed by atoms with Gasteiger partial charge in [-0.2, -0.15) is 0 Å². The second-order valence-corrected chi connectivity index (χ2v) is 9.43. The van der Waals surface area contributed by atoms with Crippen molar-refractivity contribution < 1.29 is 8.42 Å². The van der Waals surface area contributed by atoms with Gasteiger partial charge in [0.25, 0.3) is 10.0 Å². The standard InChI is InChI=1S/C21H20N2O2S2/c1-14-11-16(19-9-10-26-15(19)2)7-8-18(14)13-22-27(24,25)21-12-17-5-3-4-6-20(17)23-21/h3-12,22-23H,13H2,1-2H3. The fourth-order valence-corrected chi connectivity index (χ4v) is 4.94. The molecule has 0 fully saturated rings. The van der Waals surface area contributed by atoms with E-state index in [9.17, 15) is 8.42 Å². The molecule has 0 saturated heterocycles. The van der Waals surface area contributed by atoms with Gasteiger partial charge in [0.05, 0.1) is 0 Å². The van der Waals surface area contributed by atoms with Crippen LogP contribution in [0.2, 0.25) is 0 Å². The van der Waals surface area contributed by atoms with E-state index in [0.717, 1.165) is 27.6 Å². The van der Waals surface area contributed by atoms with Crippen molar-refractivity contribution >= 4 is 32.3 Å². The normalized spacial score (nSPS) is 11.9. The van der Waals surface area contributed by atoms with Gasteiger partial charge in [-0.15, -0.1) is 11.3 Å². The maximum Gasteiger partial charge on any atom is 0.256 e. The fraction of sp³-hybridized carbons (Fsp3) is 0.143. The average molecular weight is 397 g/mol. The van der Waals surface area contributed by atoms with Crippen molar-refractivity contribution in [3.63, 3.8) is 0 Å². The van der Waals surface area contributed by atoms with Gasteiger partial charge in [-0.05, 0) is 59.7 Å². The monoisotopic (exact) mass is 396 g/mol. The molecule has 27 heavy (non-hydrogen) atoms. The smallest absolute Gasteiger partial charge is 0.256 e. The number of nitrogens with one attached hydrogen (secondary N) is 2. The molecule has 0 aliphatic rings. The molecule has 0 aliphatic carbocycles. The first-order valence-electron chi connectivity index (χ1n) is 8.65. The average Bonchev–Trinajstić information content (AvgIpc) is 3.27. The maximum atomic E-state index is 12.6. The third kappa shape index (κ3) is 3.56. The Hall–Kier alpha value is -2.41. The van der Waals surface area contributed by atoms with E-state index >= 15 is 0 Å². The molecule has 2 aromatic heterocycles. The number of aromatic nitrogens is 1. The molecule has 2 N–H and O–H groups in total. The van der Waals surface area contributed by atoms with Crippen LogP contribution in [0.25, 0.3) is 22.0 Å². The molecule has 4 rings (SSSR count). The topological polar surface area (TPSA) is 62.0 Å². The van der Waals surface area contributed by atoms with Crippen molar-refractivity contribution in [2.75, 3.05) is 0 Å². The van der Waals surface area contributed by atoms with Gasteiger partial charge in [0.15, 0.2) is 0 Å². The van der Waals surface area contributed by atoms with Gasteiger partial charge in [-0.1, -0.05) is 36.4 Å². The Balaban J connectivity index is 1.55. The quantitative estimate of drug-likeness (QED) is 0.499. The zero-order valence-corrected chi connectivity index (χ0v) is 16.7. The summed E-state index contributed by atoms with van der Waals surface area (Å²) in [6.45, 7) is 4.38. The van der Waals surface area contributed by atoms with Crippen LogP contribution >= 0.6 is 11.3 Å². The largest absolute Gasteiger partial charge is 0.345 e. The highest BCUT2D eigenvalue weighted by atomic mass is 32.2. The van der Waals surface area contributed by atoms with Gasteiger partial charge < -0.3 is 4.98 Å². The first-order chi connectivity index (χ1) is 12.9. The molecule has 0 atom stereocenters. The molecule has 138 valence electrons. The second kappa shape index (κ2) is 6.96. The molecule has 0 bridgehead atoms. The van der Waals surface area contributed by atoms with Gasteiger partial charge in [-0.3, -0.25) is 0 Å². The molecule has 2 aromatic carbocycles. The van der Waals surface area contributed by atoms with Crippen LogP contribution in [-0.4, -0.2) is 13.4 Å². The van der Waals surface area contributed by atoms with Crippen LogP contribution in [0.3, 0.4) is 0 Å². The van der Waals surface area contributed by atoms with E-state index < -0.39 is 10.0 Å². The molecular formula is C21H20N2O2S2. The molecule has 0 amide bonds. The summed E-state index contributed by atoms with van der Waals surface area (Å²) in [5, 5.41) is 3.15. The molecule has 6 heteroatoms. The Morgan fingerprint density at radius 3 is 2.56 bits per heavy atom. The number of thiophene rings is 1. The fourth-order valence-electron chi connectivity index (χ4n) is 3.19. The summed E-state index contributed by atoms with van der Waals surface area (Å²) in [6, 6.07) is 17.5. The molecular weight excluding hydrogens is 376 g/mol. The number of hydrogen-bond acceptors (Lipinski definition) is 3. The molecule has 0 radical (unpaired) electrons. The Morgan fingerprint density at radius 1 is 1.04 bits per heavy atom. The summed E-state index contributed by atoms with van der Waals surface area (Å²) >= 11 is 1.73. The van der Waals surface area contributed by atoms with Crippen LogP contribution in [0.1, 0.15) is 16.0 Å². The summed E-state index contributed by atoms with van der Waals surface area (Å²) in [6.07, 6.45) is 0. The van der Waals surface area contributed by atoms with Gasteiger partial charge >= 0.3 is 0 Å². The Bertz CT molecular complexity index is 1190. The molecule has 4 aromatic rings. The number of para-hydroxylation sites is 1. The predicted molar refractivity (Wildman–Crippen MR) is 112 cm³/mol.